The van der Waals surface area contributed by atoms with E-state index >= 15 is 0 Å². The average Bonchev–Trinajstić information content (AvgIpc) is 2.67. The van der Waals surface area contributed by atoms with E-state index in [-0.39, 0.29) is 30.8 Å². The zero-order valence-electron chi connectivity index (χ0n) is 13.2. The van der Waals surface area contributed by atoms with E-state index in [2.05, 4.69) is 5.32 Å². The summed E-state index contributed by atoms with van der Waals surface area (Å²) in [5.41, 5.74) is 1.53. The van der Waals surface area contributed by atoms with Crippen LogP contribution in [0.1, 0.15) is 10.4 Å². The van der Waals surface area contributed by atoms with Gasteiger partial charge in [0.15, 0.2) is 0 Å². The number of anilines is 2. The molecule has 2 aromatic rings. The molecule has 2 aromatic carbocycles. The summed E-state index contributed by atoms with van der Waals surface area (Å²) in [6, 6.07) is 15.8. The molecule has 6 nitrogen and oxygen atoms in total. The number of likely N-dealkylation sites (N-methyl/N-ethyl adjacent to an activating group) is 1. The highest BCUT2D eigenvalue weighted by Crippen LogP contribution is 2.25. The van der Waals surface area contributed by atoms with Gasteiger partial charge in [0.1, 0.15) is 13.1 Å². The van der Waals surface area contributed by atoms with E-state index in [1.165, 1.54) is 9.80 Å². The Labute approximate surface area is 139 Å². The van der Waals surface area contributed by atoms with E-state index < -0.39 is 0 Å². The van der Waals surface area contributed by atoms with Gasteiger partial charge in [-0.3, -0.25) is 14.4 Å². The normalized spacial score (nSPS) is 14.2. The quantitative estimate of drug-likeness (QED) is 0.935. The minimum Gasteiger partial charge on any atom is -0.332 e. The summed E-state index contributed by atoms with van der Waals surface area (Å²) in [5.74, 6) is -0.842. The lowest BCUT2D eigenvalue weighted by molar-refractivity contribution is -0.121. The SMILES string of the molecule is CN1CC(=O)N(CC(=O)Nc2ccccc2)c2ccccc2C1=O. The molecule has 1 heterocycles. The van der Waals surface area contributed by atoms with Crippen LogP contribution in [0, 0.1) is 0 Å². The molecule has 3 rings (SSSR count). The molecule has 0 spiro atoms. The van der Waals surface area contributed by atoms with Gasteiger partial charge in [0.05, 0.1) is 11.3 Å². The van der Waals surface area contributed by atoms with Gasteiger partial charge in [0.25, 0.3) is 5.91 Å². The maximum Gasteiger partial charge on any atom is 0.256 e. The monoisotopic (exact) mass is 323 g/mol. The van der Waals surface area contributed by atoms with Crippen molar-refractivity contribution >= 4 is 29.1 Å². The zero-order valence-corrected chi connectivity index (χ0v) is 13.2. The fraction of sp³-hybridized carbons (Fsp3) is 0.167. The van der Waals surface area contributed by atoms with E-state index in [9.17, 15) is 14.4 Å². The predicted molar refractivity (Wildman–Crippen MR) is 90.8 cm³/mol. The Hall–Kier alpha value is -3.15. The van der Waals surface area contributed by atoms with Crippen LogP contribution in [0.15, 0.2) is 54.6 Å². The van der Waals surface area contributed by atoms with Crippen molar-refractivity contribution in [1.82, 2.24) is 4.90 Å². The van der Waals surface area contributed by atoms with Crippen LogP contribution >= 0.6 is 0 Å². The molecule has 1 aliphatic heterocycles. The number of nitrogens with zero attached hydrogens (tertiary/aromatic N) is 2. The molecule has 0 aromatic heterocycles. The number of fused-ring (bicyclic) bond motifs is 1. The second-order valence-electron chi connectivity index (χ2n) is 5.57. The Kier molecular flexibility index (Phi) is 4.29. The van der Waals surface area contributed by atoms with E-state index in [1.807, 2.05) is 18.2 Å². The Balaban J connectivity index is 1.86. The van der Waals surface area contributed by atoms with Crippen molar-refractivity contribution in [3.05, 3.63) is 60.2 Å². The Morgan fingerprint density at radius 1 is 1.04 bits per heavy atom. The molecule has 0 atom stereocenters. The van der Waals surface area contributed by atoms with Crippen LogP contribution in [-0.2, 0) is 9.59 Å². The van der Waals surface area contributed by atoms with Crippen molar-refractivity contribution in [3.8, 4) is 0 Å². The van der Waals surface area contributed by atoms with Gasteiger partial charge in [0, 0.05) is 12.7 Å². The fourth-order valence-electron chi connectivity index (χ4n) is 2.63. The van der Waals surface area contributed by atoms with Crippen LogP contribution < -0.4 is 10.2 Å². The summed E-state index contributed by atoms with van der Waals surface area (Å²) in [5, 5.41) is 2.75. The number of rotatable bonds is 3. The summed E-state index contributed by atoms with van der Waals surface area (Å²) < 4.78 is 0. The van der Waals surface area contributed by atoms with Crippen LogP contribution in [0.2, 0.25) is 0 Å². The topological polar surface area (TPSA) is 69.7 Å². The number of hydrogen-bond acceptors (Lipinski definition) is 3. The third-order valence-corrected chi connectivity index (χ3v) is 3.80. The van der Waals surface area contributed by atoms with Gasteiger partial charge in [-0.15, -0.1) is 0 Å². The number of nitrogens with one attached hydrogen (secondary N) is 1. The van der Waals surface area contributed by atoms with E-state index in [0.717, 1.165) is 0 Å². The number of carbonyl (C=O) groups is 3. The molecule has 0 bridgehead atoms. The second-order valence-corrected chi connectivity index (χ2v) is 5.57. The average molecular weight is 323 g/mol. The molecule has 24 heavy (non-hydrogen) atoms. The van der Waals surface area contributed by atoms with Crippen LogP contribution in [0.3, 0.4) is 0 Å². The van der Waals surface area contributed by atoms with Crippen molar-refractivity contribution in [3.63, 3.8) is 0 Å². The third-order valence-electron chi connectivity index (χ3n) is 3.80. The van der Waals surface area contributed by atoms with Gasteiger partial charge in [-0.1, -0.05) is 30.3 Å². The van der Waals surface area contributed by atoms with Gasteiger partial charge in [-0.05, 0) is 24.3 Å². The lowest BCUT2D eigenvalue weighted by Crippen LogP contribution is -2.41. The van der Waals surface area contributed by atoms with Gasteiger partial charge in [0.2, 0.25) is 11.8 Å². The van der Waals surface area contributed by atoms with E-state index in [1.54, 1.807) is 43.4 Å². The van der Waals surface area contributed by atoms with Gasteiger partial charge in [-0.25, -0.2) is 0 Å². The number of benzene rings is 2. The summed E-state index contributed by atoms with van der Waals surface area (Å²) in [4.78, 5) is 39.8. The first-order valence-corrected chi connectivity index (χ1v) is 7.56. The summed E-state index contributed by atoms with van der Waals surface area (Å²) in [6.07, 6.45) is 0. The molecule has 1 aliphatic rings. The minimum absolute atomic E-state index is 0.0634. The smallest absolute Gasteiger partial charge is 0.256 e. The molecule has 6 heteroatoms. The van der Waals surface area contributed by atoms with Crippen LogP contribution in [0.4, 0.5) is 11.4 Å². The largest absolute Gasteiger partial charge is 0.332 e. The fourth-order valence-corrected chi connectivity index (χ4v) is 2.63. The molecule has 0 saturated heterocycles. The number of para-hydroxylation sites is 2. The molecule has 3 amide bonds. The van der Waals surface area contributed by atoms with Crippen molar-refractivity contribution in [2.75, 3.05) is 30.4 Å². The van der Waals surface area contributed by atoms with Crippen molar-refractivity contribution in [2.45, 2.75) is 0 Å². The molecule has 0 aliphatic carbocycles. The lowest BCUT2D eigenvalue weighted by atomic mass is 10.1. The molecule has 122 valence electrons. The Morgan fingerprint density at radius 3 is 2.46 bits per heavy atom. The molecule has 0 saturated carbocycles. The van der Waals surface area contributed by atoms with Crippen molar-refractivity contribution < 1.29 is 14.4 Å². The minimum atomic E-state index is -0.318. The molecule has 1 N–H and O–H groups in total. The van der Waals surface area contributed by atoms with Crippen molar-refractivity contribution in [2.24, 2.45) is 0 Å². The molecular formula is C18H17N3O3. The summed E-state index contributed by atoms with van der Waals surface area (Å²) in [7, 11) is 1.57. The molecule has 0 unspecified atom stereocenters. The molecule has 0 radical (unpaired) electrons. The highest BCUT2D eigenvalue weighted by molar-refractivity contribution is 6.12. The number of amides is 3. The van der Waals surface area contributed by atoms with Gasteiger partial charge < -0.3 is 15.1 Å². The standard InChI is InChI=1S/C18H17N3O3/c1-20-12-17(23)21(15-10-6-5-9-14(15)18(20)24)11-16(22)19-13-7-3-2-4-8-13/h2-10H,11-12H2,1H3,(H,19,22). The van der Waals surface area contributed by atoms with E-state index in [4.69, 9.17) is 0 Å². The van der Waals surface area contributed by atoms with E-state index in [0.29, 0.717) is 16.9 Å². The first-order valence-electron chi connectivity index (χ1n) is 7.56. The second kappa shape index (κ2) is 6.54. The third kappa shape index (κ3) is 3.12. The first kappa shape index (κ1) is 15.7. The lowest BCUT2D eigenvalue weighted by Gasteiger charge is -2.21. The first-order chi connectivity index (χ1) is 11.6. The Morgan fingerprint density at radius 2 is 1.71 bits per heavy atom. The van der Waals surface area contributed by atoms with Crippen molar-refractivity contribution in [1.29, 1.82) is 0 Å². The highest BCUT2D eigenvalue weighted by Gasteiger charge is 2.30. The number of carbonyl (C=O) groups excluding carboxylic acids is 3. The maximum absolute atomic E-state index is 12.5. The highest BCUT2D eigenvalue weighted by atomic mass is 16.2. The Bertz CT molecular complexity index is 789. The van der Waals surface area contributed by atoms with Gasteiger partial charge >= 0.3 is 0 Å². The van der Waals surface area contributed by atoms with Crippen LogP contribution in [0.5, 0.6) is 0 Å². The predicted octanol–water partition coefficient (Wildman–Crippen LogP) is 1.74. The zero-order chi connectivity index (χ0) is 17.1. The van der Waals surface area contributed by atoms with Crippen LogP contribution in [0.25, 0.3) is 0 Å². The molecular weight excluding hydrogens is 306 g/mol. The summed E-state index contributed by atoms with van der Waals surface area (Å²) in [6.45, 7) is -0.210. The summed E-state index contributed by atoms with van der Waals surface area (Å²) >= 11 is 0. The molecule has 0 fully saturated rings. The number of hydrogen-bond donors (Lipinski definition) is 1. The van der Waals surface area contributed by atoms with Crippen LogP contribution in [-0.4, -0.2) is 42.8 Å². The maximum atomic E-state index is 12.5. The van der Waals surface area contributed by atoms with Gasteiger partial charge in [-0.2, -0.15) is 0 Å².